The van der Waals surface area contributed by atoms with Crippen LogP contribution in [0.5, 0.6) is 0 Å². The monoisotopic (exact) mass is 387 g/mol. The summed E-state index contributed by atoms with van der Waals surface area (Å²) in [5.74, 6) is -3.57. The van der Waals surface area contributed by atoms with Crippen LogP contribution in [0, 0.1) is 5.92 Å². The molecule has 0 radical (unpaired) electrons. The molecule has 6 nitrogen and oxygen atoms in total. The summed E-state index contributed by atoms with van der Waals surface area (Å²) >= 11 is 0. The van der Waals surface area contributed by atoms with Crippen molar-refractivity contribution in [2.45, 2.75) is 50.2 Å². The first kappa shape index (κ1) is 21.9. The van der Waals surface area contributed by atoms with Gasteiger partial charge in [-0.1, -0.05) is 68.8 Å². The van der Waals surface area contributed by atoms with Crippen LogP contribution in [-0.4, -0.2) is 39.9 Å². The second-order valence-electron chi connectivity index (χ2n) is 7.18. The van der Waals surface area contributed by atoms with E-state index in [0.29, 0.717) is 6.42 Å². The number of ether oxygens (including phenoxy) is 1. The third-order valence-electron chi connectivity index (χ3n) is 5.63. The van der Waals surface area contributed by atoms with Gasteiger partial charge in [-0.15, -0.1) is 0 Å². The van der Waals surface area contributed by atoms with Gasteiger partial charge < -0.3 is 20.7 Å². The van der Waals surface area contributed by atoms with Crippen LogP contribution in [0.2, 0.25) is 0 Å². The van der Waals surface area contributed by atoms with Crippen molar-refractivity contribution in [2.24, 2.45) is 11.7 Å². The van der Waals surface area contributed by atoms with E-state index in [1.807, 2.05) is 44.2 Å². The van der Waals surface area contributed by atoms with Crippen LogP contribution >= 0.6 is 0 Å². The summed E-state index contributed by atoms with van der Waals surface area (Å²) in [7, 11) is 0. The Morgan fingerprint density at radius 2 is 1.89 bits per heavy atom. The van der Waals surface area contributed by atoms with Crippen molar-refractivity contribution in [1.29, 1.82) is 0 Å². The summed E-state index contributed by atoms with van der Waals surface area (Å²) in [6.07, 6.45) is 8.44. The number of carboxylic acid groups (broad SMARTS) is 2. The van der Waals surface area contributed by atoms with Gasteiger partial charge in [0.15, 0.2) is 0 Å². The zero-order chi connectivity index (χ0) is 20.8. The average molecular weight is 387 g/mol. The standard InChI is InChI=1S/C22H29NO5/c1-3-10-17(16-11-6-5-7-12-16)21(23,4-2)22(28-15-19(24)25)14-9-8-13-18(22)20(26)27/h5-9,11-14,17-18H,3-4,10,15,23H2,1-2H3,(H,24,25)(H,26,27). The first-order valence-electron chi connectivity index (χ1n) is 9.60. The van der Waals surface area contributed by atoms with Crippen molar-refractivity contribution in [3.63, 3.8) is 0 Å². The van der Waals surface area contributed by atoms with Gasteiger partial charge in [0, 0.05) is 5.92 Å². The van der Waals surface area contributed by atoms with E-state index >= 15 is 0 Å². The van der Waals surface area contributed by atoms with E-state index in [1.165, 1.54) is 6.08 Å². The number of allylic oxidation sites excluding steroid dienone is 2. The van der Waals surface area contributed by atoms with Gasteiger partial charge in [-0.3, -0.25) is 4.79 Å². The van der Waals surface area contributed by atoms with Crippen molar-refractivity contribution in [3.8, 4) is 0 Å². The van der Waals surface area contributed by atoms with Crippen molar-refractivity contribution in [3.05, 3.63) is 60.2 Å². The topological polar surface area (TPSA) is 110 Å². The van der Waals surface area contributed by atoms with E-state index in [2.05, 4.69) is 0 Å². The molecular weight excluding hydrogens is 358 g/mol. The molecule has 0 bridgehead atoms. The molecule has 1 aromatic carbocycles. The zero-order valence-electron chi connectivity index (χ0n) is 16.4. The van der Waals surface area contributed by atoms with Crippen LogP contribution < -0.4 is 5.73 Å². The van der Waals surface area contributed by atoms with E-state index in [9.17, 15) is 19.8 Å². The van der Waals surface area contributed by atoms with Gasteiger partial charge in [-0.2, -0.15) is 0 Å². The van der Waals surface area contributed by atoms with Crippen LogP contribution in [0.25, 0.3) is 0 Å². The lowest BCUT2D eigenvalue weighted by molar-refractivity contribution is -0.168. The molecule has 2 rings (SSSR count). The third kappa shape index (κ3) is 4.03. The van der Waals surface area contributed by atoms with Gasteiger partial charge in [0.25, 0.3) is 0 Å². The first-order valence-corrected chi connectivity index (χ1v) is 9.60. The Bertz CT molecular complexity index is 745. The highest BCUT2D eigenvalue weighted by molar-refractivity contribution is 5.76. The molecule has 1 aliphatic carbocycles. The van der Waals surface area contributed by atoms with E-state index in [0.717, 1.165) is 18.4 Å². The maximum absolute atomic E-state index is 12.1. The number of hydrogen-bond acceptors (Lipinski definition) is 4. The minimum absolute atomic E-state index is 0.213. The van der Waals surface area contributed by atoms with Crippen LogP contribution in [-0.2, 0) is 14.3 Å². The number of rotatable bonds is 10. The third-order valence-corrected chi connectivity index (χ3v) is 5.63. The van der Waals surface area contributed by atoms with E-state index in [-0.39, 0.29) is 5.92 Å². The summed E-state index contributed by atoms with van der Waals surface area (Å²) < 4.78 is 5.87. The van der Waals surface area contributed by atoms with Gasteiger partial charge >= 0.3 is 11.9 Å². The average Bonchev–Trinajstić information content (AvgIpc) is 2.70. The summed E-state index contributed by atoms with van der Waals surface area (Å²) in [5, 5.41) is 19.1. The van der Waals surface area contributed by atoms with Crippen LogP contribution in [0.1, 0.15) is 44.6 Å². The normalized spacial score (nSPS) is 24.5. The first-order chi connectivity index (χ1) is 13.3. The summed E-state index contributed by atoms with van der Waals surface area (Å²) in [5.41, 5.74) is 5.38. The maximum Gasteiger partial charge on any atom is 0.329 e. The minimum Gasteiger partial charge on any atom is -0.481 e. The Balaban J connectivity index is 2.67. The van der Waals surface area contributed by atoms with Crippen molar-refractivity contribution < 1.29 is 24.5 Å². The lowest BCUT2D eigenvalue weighted by atomic mass is 9.60. The molecule has 4 atom stereocenters. The molecule has 28 heavy (non-hydrogen) atoms. The Hall–Kier alpha value is -2.44. The van der Waals surface area contributed by atoms with Gasteiger partial charge in [0.2, 0.25) is 0 Å². The van der Waals surface area contributed by atoms with Gasteiger partial charge in [0.05, 0.1) is 5.54 Å². The zero-order valence-corrected chi connectivity index (χ0v) is 16.4. The molecule has 0 amide bonds. The highest BCUT2D eigenvalue weighted by Crippen LogP contribution is 2.48. The fourth-order valence-electron chi connectivity index (χ4n) is 4.27. The summed E-state index contributed by atoms with van der Waals surface area (Å²) in [6, 6.07) is 9.70. The molecule has 6 heteroatoms. The molecule has 0 aliphatic heterocycles. The summed E-state index contributed by atoms with van der Waals surface area (Å²) in [4.78, 5) is 23.4. The summed E-state index contributed by atoms with van der Waals surface area (Å²) in [6.45, 7) is 3.30. The maximum atomic E-state index is 12.1. The number of aliphatic carboxylic acids is 2. The molecule has 0 spiro atoms. The highest BCUT2D eigenvalue weighted by Gasteiger charge is 2.58. The highest BCUT2D eigenvalue weighted by atomic mass is 16.5. The molecule has 0 saturated heterocycles. The SMILES string of the molecule is CCCC(c1ccccc1)C(N)(CC)C1(OCC(=O)O)C=CC=CC1C(=O)O. The van der Waals surface area contributed by atoms with Crippen molar-refractivity contribution >= 4 is 11.9 Å². The lowest BCUT2D eigenvalue weighted by Crippen LogP contribution is -2.68. The van der Waals surface area contributed by atoms with E-state index in [1.54, 1.807) is 18.2 Å². The second-order valence-corrected chi connectivity index (χ2v) is 7.18. The smallest absolute Gasteiger partial charge is 0.329 e. The Morgan fingerprint density at radius 1 is 1.21 bits per heavy atom. The van der Waals surface area contributed by atoms with Crippen molar-refractivity contribution in [2.75, 3.05) is 6.61 Å². The Labute approximate surface area is 165 Å². The second kappa shape index (κ2) is 9.17. The van der Waals surface area contributed by atoms with Crippen LogP contribution in [0.15, 0.2) is 54.6 Å². The number of hydrogen-bond donors (Lipinski definition) is 3. The molecule has 1 aromatic rings. The molecule has 0 fully saturated rings. The largest absolute Gasteiger partial charge is 0.481 e. The van der Waals surface area contributed by atoms with E-state index in [4.69, 9.17) is 10.5 Å². The number of carbonyl (C=O) groups is 2. The van der Waals surface area contributed by atoms with Gasteiger partial charge in [0.1, 0.15) is 18.1 Å². The molecule has 0 aromatic heterocycles. The lowest BCUT2D eigenvalue weighted by Gasteiger charge is -2.53. The Kier molecular flexibility index (Phi) is 7.16. The predicted octanol–water partition coefficient (Wildman–Crippen LogP) is 3.34. The molecular formula is C22H29NO5. The fraction of sp³-hybridized carbons (Fsp3) is 0.455. The molecule has 4 N–H and O–H groups in total. The molecule has 0 heterocycles. The van der Waals surface area contributed by atoms with Gasteiger partial charge in [-0.05, 0) is 24.5 Å². The number of nitrogens with two attached hydrogens (primary N) is 1. The number of carboxylic acids is 2. The molecule has 152 valence electrons. The van der Waals surface area contributed by atoms with Crippen molar-refractivity contribution in [1.82, 2.24) is 0 Å². The predicted molar refractivity (Wildman–Crippen MR) is 107 cm³/mol. The van der Waals surface area contributed by atoms with Crippen LogP contribution in [0.4, 0.5) is 0 Å². The molecule has 1 aliphatic rings. The van der Waals surface area contributed by atoms with Gasteiger partial charge in [-0.25, -0.2) is 4.79 Å². The Morgan fingerprint density at radius 3 is 2.43 bits per heavy atom. The minimum atomic E-state index is -1.49. The number of benzene rings is 1. The van der Waals surface area contributed by atoms with E-state index < -0.39 is 35.6 Å². The van der Waals surface area contributed by atoms with Crippen LogP contribution in [0.3, 0.4) is 0 Å². The fourth-order valence-corrected chi connectivity index (χ4v) is 4.27. The molecule has 4 unspecified atom stereocenters. The quantitative estimate of drug-likeness (QED) is 0.568. The molecule has 0 saturated carbocycles.